The minimum absolute atomic E-state index is 0.118. The average molecular weight is 370 g/mol. The standard InChI is InChI=1S/C13H18N6O3S2/c1-5-23-13-16-15-12(24-13)14-9(20)7-18(2)11(21)8-6-19(3)17-10(8)22-4/h6H,5,7H2,1-4H3,(H,14,15,20). The Balaban J connectivity index is 1.96. The van der Waals surface area contributed by atoms with Gasteiger partial charge in [0.25, 0.3) is 5.91 Å². The van der Waals surface area contributed by atoms with Gasteiger partial charge in [-0.1, -0.05) is 30.0 Å². The van der Waals surface area contributed by atoms with E-state index in [0.717, 1.165) is 10.1 Å². The third-order valence-corrected chi connectivity index (χ3v) is 4.72. The van der Waals surface area contributed by atoms with Crippen LogP contribution in [0.2, 0.25) is 0 Å². The zero-order chi connectivity index (χ0) is 17.7. The normalized spacial score (nSPS) is 10.5. The number of ether oxygens (including phenoxy) is 1. The molecule has 0 atom stereocenters. The number of hydrogen-bond acceptors (Lipinski definition) is 8. The first kappa shape index (κ1) is 18.2. The number of likely N-dealkylation sites (N-methyl/N-ethyl adjacent to an activating group) is 1. The maximum absolute atomic E-state index is 12.4. The summed E-state index contributed by atoms with van der Waals surface area (Å²) in [6.45, 7) is 1.89. The van der Waals surface area contributed by atoms with E-state index in [4.69, 9.17) is 4.74 Å². The molecule has 1 N–H and O–H groups in total. The van der Waals surface area contributed by atoms with Gasteiger partial charge in [0.05, 0.1) is 13.7 Å². The first-order chi connectivity index (χ1) is 11.4. The predicted molar refractivity (Wildman–Crippen MR) is 91.7 cm³/mol. The van der Waals surface area contributed by atoms with Gasteiger partial charge in [0.15, 0.2) is 4.34 Å². The van der Waals surface area contributed by atoms with Gasteiger partial charge in [0.2, 0.25) is 16.9 Å². The summed E-state index contributed by atoms with van der Waals surface area (Å²) in [4.78, 5) is 25.7. The summed E-state index contributed by atoms with van der Waals surface area (Å²) < 4.78 is 7.33. The number of methoxy groups -OCH3 is 1. The highest BCUT2D eigenvalue weighted by Gasteiger charge is 2.22. The highest BCUT2D eigenvalue weighted by Crippen LogP contribution is 2.25. The summed E-state index contributed by atoms with van der Waals surface area (Å²) in [6, 6.07) is 0. The molecule has 2 aromatic heterocycles. The van der Waals surface area contributed by atoms with Crippen LogP contribution >= 0.6 is 23.1 Å². The lowest BCUT2D eigenvalue weighted by Gasteiger charge is -2.15. The van der Waals surface area contributed by atoms with Crippen LogP contribution in [0.25, 0.3) is 0 Å². The van der Waals surface area contributed by atoms with E-state index in [9.17, 15) is 9.59 Å². The van der Waals surface area contributed by atoms with Gasteiger partial charge in [-0.25, -0.2) is 0 Å². The monoisotopic (exact) mass is 370 g/mol. The van der Waals surface area contributed by atoms with Crippen molar-refractivity contribution in [1.82, 2.24) is 24.9 Å². The van der Waals surface area contributed by atoms with E-state index in [1.807, 2.05) is 6.92 Å². The molecule has 0 bridgehead atoms. The minimum Gasteiger partial charge on any atom is -0.479 e. The van der Waals surface area contributed by atoms with Crippen LogP contribution in [0.1, 0.15) is 17.3 Å². The fraction of sp³-hybridized carbons (Fsp3) is 0.462. The number of nitrogens with one attached hydrogen (secondary N) is 1. The molecule has 0 unspecified atom stereocenters. The number of hydrogen-bond donors (Lipinski definition) is 1. The van der Waals surface area contributed by atoms with Crippen LogP contribution in [0.15, 0.2) is 10.5 Å². The van der Waals surface area contributed by atoms with Gasteiger partial charge < -0.3 is 9.64 Å². The Morgan fingerprint density at radius 1 is 1.46 bits per heavy atom. The SMILES string of the molecule is CCSc1nnc(NC(=O)CN(C)C(=O)c2cn(C)nc2OC)s1. The molecule has 24 heavy (non-hydrogen) atoms. The lowest BCUT2D eigenvalue weighted by molar-refractivity contribution is -0.116. The van der Waals surface area contributed by atoms with E-state index in [2.05, 4.69) is 20.6 Å². The molecule has 2 aromatic rings. The molecule has 0 fully saturated rings. The van der Waals surface area contributed by atoms with Crippen molar-refractivity contribution in [2.45, 2.75) is 11.3 Å². The lowest BCUT2D eigenvalue weighted by Crippen LogP contribution is -2.35. The van der Waals surface area contributed by atoms with Crippen molar-refractivity contribution in [3.05, 3.63) is 11.8 Å². The van der Waals surface area contributed by atoms with Gasteiger partial charge in [-0.3, -0.25) is 19.6 Å². The molecule has 0 aliphatic rings. The van der Waals surface area contributed by atoms with Gasteiger partial charge in [-0.2, -0.15) is 0 Å². The molecule has 130 valence electrons. The number of carbonyl (C=O) groups excluding carboxylic acids is 2. The van der Waals surface area contributed by atoms with Crippen LogP contribution in [0, 0.1) is 0 Å². The number of aromatic nitrogens is 4. The zero-order valence-corrected chi connectivity index (χ0v) is 15.4. The molecule has 0 aliphatic carbocycles. The van der Waals surface area contributed by atoms with E-state index >= 15 is 0 Å². The van der Waals surface area contributed by atoms with Gasteiger partial charge in [0, 0.05) is 20.3 Å². The smallest absolute Gasteiger partial charge is 0.261 e. The van der Waals surface area contributed by atoms with E-state index in [1.54, 1.807) is 25.0 Å². The van der Waals surface area contributed by atoms with Crippen LogP contribution in [0.4, 0.5) is 5.13 Å². The van der Waals surface area contributed by atoms with Crippen molar-refractivity contribution in [2.75, 3.05) is 31.8 Å². The molecule has 0 aromatic carbocycles. The van der Waals surface area contributed by atoms with E-state index in [0.29, 0.717) is 10.7 Å². The molecular weight excluding hydrogens is 352 g/mol. The van der Waals surface area contributed by atoms with Gasteiger partial charge in [-0.05, 0) is 5.75 Å². The fourth-order valence-electron chi connectivity index (χ4n) is 1.86. The Bertz CT molecular complexity index is 729. The summed E-state index contributed by atoms with van der Waals surface area (Å²) in [7, 11) is 4.66. The predicted octanol–water partition coefficient (Wildman–Crippen LogP) is 1.10. The summed E-state index contributed by atoms with van der Waals surface area (Å²) in [5.74, 6) is 0.403. The van der Waals surface area contributed by atoms with Crippen LogP contribution < -0.4 is 10.1 Å². The number of nitrogens with zero attached hydrogens (tertiary/aromatic N) is 5. The minimum atomic E-state index is -0.352. The third kappa shape index (κ3) is 4.45. The molecule has 0 aliphatic heterocycles. The largest absolute Gasteiger partial charge is 0.479 e. The van der Waals surface area contributed by atoms with Crippen molar-refractivity contribution in [1.29, 1.82) is 0 Å². The Hall–Kier alpha value is -2.14. The Kier molecular flexibility index (Phi) is 6.15. The second-order valence-corrected chi connectivity index (χ2v) is 7.23. The molecule has 2 amide bonds. The lowest BCUT2D eigenvalue weighted by atomic mass is 10.3. The Morgan fingerprint density at radius 3 is 2.88 bits per heavy atom. The Morgan fingerprint density at radius 2 is 2.21 bits per heavy atom. The molecule has 9 nitrogen and oxygen atoms in total. The first-order valence-electron chi connectivity index (χ1n) is 7.03. The number of rotatable bonds is 7. The highest BCUT2D eigenvalue weighted by atomic mass is 32.2. The van der Waals surface area contributed by atoms with Crippen LogP contribution in [-0.2, 0) is 11.8 Å². The maximum atomic E-state index is 12.4. The van der Waals surface area contributed by atoms with E-state index in [-0.39, 0.29) is 24.2 Å². The summed E-state index contributed by atoms with van der Waals surface area (Å²) in [5.41, 5.74) is 0.299. The van der Waals surface area contributed by atoms with Crippen molar-refractivity contribution < 1.29 is 14.3 Å². The van der Waals surface area contributed by atoms with Crippen LogP contribution in [-0.4, -0.2) is 63.1 Å². The van der Waals surface area contributed by atoms with Crippen molar-refractivity contribution in [3.63, 3.8) is 0 Å². The topological polar surface area (TPSA) is 102 Å². The fourth-order valence-corrected chi connectivity index (χ4v) is 3.52. The molecule has 0 saturated carbocycles. The number of amides is 2. The highest BCUT2D eigenvalue weighted by molar-refractivity contribution is 8.01. The zero-order valence-electron chi connectivity index (χ0n) is 13.8. The second kappa shape index (κ2) is 8.11. The summed E-state index contributed by atoms with van der Waals surface area (Å²) >= 11 is 2.85. The van der Waals surface area contributed by atoms with Crippen molar-refractivity contribution in [3.8, 4) is 5.88 Å². The van der Waals surface area contributed by atoms with Gasteiger partial charge in [-0.15, -0.1) is 15.3 Å². The molecule has 11 heteroatoms. The van der Waals surface area contributed by atoms with Crippen LogP contribution in [0.3, 0.4) is 0 Å². The van der Waals surface area contributed by atoms with Crippen molar-refractivity contribution in [2.24, 2.45) is 7.05 Å². The first-order valence-corrected chi connectivity index (χ1v) is 8.84. The van der Waals surface area contributed by atoms with Gasteiger partial charge >= 0.3 is 0 Å². The van der Waals surface area contributed by atoms with E-state index < -0.39 is 0 Å². The van der Waals surface area contributed by atoms with Gasteiger partial charge in [0.1, 0.15) is 5.56 Å². The third-order valence-electron chi connectivity index (χ3n) is 2.87. The van der Waals surface area contributed by atoms with Crippen LogP contribution in [0.5, 0.6) is 5.88 Å². The summed E-state index contributed by atoms with van der Waals surface area (Å²) in [5, 5.41) is 14.9. The number of thioether (sulfide) groups is 1. The quantitative estimate of drug-likeness (QED) is 0.575. The Labute approximate surface area is 147 Å². The molecular formula is C13H18N6O3S2. The summed E-state index contributed by atoms with van der Waals surface area (Å²) in [6.07, 6.45) is 1.55. The molecule has 0 saturated heterocycles. The second-order valence-electron chi connectivity index (χ2n) is 4.74. The average Bonchev–Trinajstić information content (AvgIpc) is 3.12. The molecule has 2 heterocycles. The van der Waals surface area contributed by atoms with E-state index in [1.165, 1.54) is 35.1 Å². The van der Waals surface area contributed by atoms with Crippen molar-refractivity contribution >= 4 is 40.0 Å². The number of carbonyl (C=O) groups is 2. The molecule has 2 rings (SSSR count). The maximum Gasteiger partial charge on any atom is 0.261 e. The number of aryl methyl sites for hydroxylation is 1. The molecule has 0 radical (unpaired) electrons. The molecule has 0 spiro atoms. The number of anilines is 1.